The molecule has 2 aliphatic heterocycles. The lowest BCUT2D eigenvalue weighted by Crippen LogP contribution is -2.44. The molecule has 2 aliphatic rings. The number of likely N-dealkylation sites (tertiary alicyclic amines) is 1. The highest BCUT2D eigenvalue weighted by atomic mass is 16.6. The Balaban J connectivity index is 1.26. The molecule has 4 heteroatoms. The fourth-order valence-corrected chi connectivity index (χ4v) is 4.10. The van der Waals surface area contributed by atoms with Gasteiger partial charge in [-0.1, -0.05) is 30.3 Å². The number of piperidine rings is 1. The van der Waals surface area contributed by atoms with Crippen LogP contribution < -0.4 is 0 Å². The summed E-state index contributed by atoms with van der Waals surface area (Å²) in [6.45, 7) is 6.79. The monoisotopic (exact) mass is 352 g/mol. The number of benzene rings is 1. The van der Waals surface area contributed by atoms with Gasteiger partial charge in [0, 0.05) is 38.4 Å². The molecule has 0 radical (unpaired) electrons. The van der Waals surface area contributed by atoms with Crippen LogP contribution in [0.4, 0.5) is 0 Å². The van der Waals surface area contributed by atoms with Gasteiger partial charge in [0.2, 0.25) is 0 Å². The molecule has 3 heterocycles. The van der Waals surface area contributed by atoms with Gasteiger partial charge in [0.05, 0.1) is 24.9 Å². The Labute approximate surface area is 156 Å². The zero-order valence-electron chi connectivity index (χ0n) is 15.6. The highest BCUT2D eigenvalue weighted by Gasteiger charge is 2.43. The van der Waals surface area contributed by atoms with Crippen LogP contribution in [0.15, 0.2) is 48.8 Å². The Morgan fingerprint density at radius 2 is 2.04 bits per heavy atom. The molecular weight excluding hydrogens is 324 g/mol. The van der Waals surface area contributed by atoms with Crippen molar-refractivity contribution in [2.24, 2.45) is 0 Å². The van der Waals surface area contributed by atoms with Crippen LogP contribution in [0.1, 0.15) is 36.0 Å². The first-order valence-corrected chi connectivity index (χ1v) is 9.64. The molecule has 0 saturated carbocycles. The maximum absolute atomic E-state index is 6.24. The minimum absolute atomic E-state index is 0.0296. The third kappa shape index (κ3) is 4.14. The highest BCUT2D eigenvalue weighted by Crippen LogP contribution is 2.37. The van der Waals surface area contributed by atoms with E-state index in [1.54, 1.807) is 6.20 Å². The van der Waals surface area contributed by atoms with Gasteiger partial charge < -0.3 is 9.47 Å². The van der Waals surface area contributed by atoms with E-state index in [4.69, 9.17) is 9.47 Å². The number of hydrogen-bond donors (Lipinski definition) is 0. The smallest absolute Gasteiger partial charge is 0.0840 e. The van der Waals surface area contributed by atoms with E-state index in [0.29, 0.717) is 6.61 Å². The number of aryl methyl sites for hydroxylation is 1. The summed E-state index contributed by atoms with van der Waals surface area (Å²) in [5.74, 6) is 0. The van der Waals surface area contributed by atoms with Crippen molar-refractivity contribution >= 4 is 0 Å². The molecule has 0 amide bonds. The Hall–Kier alpha value is -1.75. The molecule has 1 aromatic carbocycles. The number of nitrogens with zero attached hydrogens (tertiary/aromatic N) is 2. The van der Waals surface area contributed by atoms with Crippen molar-refractivity contribution in [1.29, 1.82) is 0 Å². The zero-order valence-corrected chi connectivity index (χ0v) is 15.6. The van der Waals surface area contributed by atoms with Gasteiger partial charge in [-0.2, -0.15) is 0 Å². The fraction of sp³-hybridized carbons (Fsp3) is 0.500. The molecule has 1 unspecified atom stereocenters. The van der Waals surface area contributed by atoms with E-state index < -0.39 is 0 Å². The summed E-state index contributed by atoms with van der Waals surface area (Å²) in [5, 5.41) is 0. The van der Waals surface area contributed by atoms with Gasteiger partial charge in [-0.15, -0.1) is 0 Å². The number of ether oxygens (including phenoxy) is 2. The second-order valence-electron chi connectivity index (χ2n) is 7.70. The summed E-state index contributed by atoms with van der Waals surface area (Å²) in [7, 11) is 0. The van der Waals surface area contributed by atoms with Crippen LogP contribution in [0.2, 0.25) is 0 Å². The van der Waals surface area contributed by atoms with E-state index in [1.165, 1.54) is 11.1 Å². The predicted octanol–water partition coefficient (Wildman–Crippen LogP) is 3.73. The van der Waals surface area contributed by atoms with E-state index in [0.717, 1.165) is 51.1 Å². The normalized spacial score (nSPS) is 22.7. The van der Waals surface area contributed by atoms with E-state index in [1.807, 2.05) is 12.3 Å². The maximum atomic E-state index is 6.24. The number of rotatable bonds is 5. The molecule has 1 atom stereocenters. The first-order chi connectivity index (χ1) is 12.7. The Morgan fingerprint density at radius 1 is 1.19 bits per heavy atom. The van der Waals surface area contributed by atoms with Gasteiger partial charge in [-0.25, -0.2) is 0 Å². The molecule has 2 saturated heterocycles. The van der Waals surface area contributed by atoms with Gasteiger partial charge in [0.15, 0.2) is 0 Å². The Bertz CT molecular complexity index is 711. The number of pyridine rings is 1. The van der Waals surface area contributed by atoms with Crippen molar-refractivity contribution in [3.8, 4) is 0 Å². The zero-order chi connectivity index (χ0) is 17.8. The molecule has 0 bridgehead atoms. The molecule has 4 rings (SSSR count). The largest absolute Gasteiger partial charge is 0.372 e. The standard InChI is InChI=1S/C22H28N2O2/c1-18-5-2-3-7-20(18)15-24-11-8-22(9-12-24)13-21(17-26-22)25-16-19-6-4-10-23-14-19/h2-7,10,14,21H,8-9,11-13,15-17H2,1H3. The number of hydrogen-bond acceptors (Lipinski definition) is 4. The van der Waals surface area contributed by atoms with Crippen LogP contribution in [0.25, 0.3) is 0 Å². The summed E-state index contributed by atoms with van der Waals surface area (Å²) in [4.78, 5) is 6.70. The molecule has 0 N–H and O–H groups in total. The van der Waals surface area contributed by atoms with Crippen molar-refractivity contribution in [2.75, 3.05) is 19.7 Å². The summed E-state index contributed by atoms with van der Waals surface area (Å²) in [6.07, 6.45) is 7.10. The van der Waals surface area contributed by atoms with Gasteiger partial charge in [0.25, 0.3) is 0 Å². The Kier molecular flexibility index (Phi) is 5.34. The fourth-order valence-electron chi connectivity index (χ4n) is 4.10. The van der Waals surface area contributed by atoms with Crippen LogP contribution in [-0.2, 0) is 22.6 Å². The average Bonchev–Trinajstić information content (AvgIpc) is 3.08. The summed E-state index contributed by atoms with van der Waals surface area (Å²) in [5.41, 5.74) is 3.98. The molecule has 1 aromatic heterocycles. The van der Waals surface area contributed by atoms with Crippen molar-refractivity contribution in [3.05, 3.63) is 65.5 Å². The van der Waals surface area contributed by atoms with Crippen molar-refractivity contribution in [3.63, 3.8) is 0 Å². The van der Waals surface area contributed by atoms with Crippen molar-refractivity contribution in [2.45, 2.75) is 51.0 Å². The van der Waals surface area contributed by atoms with Gasteiger partial charge in [-0.05, 0) is 42.5 Å². The van der Waals surface area contributed by atoms with Crippen molar-refractivity contribution < 1.29 is 9.47 Å². The SMILES string of the molecule is Cc1ccccc1CN1CCC2(CC1)CC(OCc1cccnc1)CO2. The summed E-state index contributed by atoms with van der Waals surface area (Å²) in [6, 6.07) is 12.7. The topological polar surface area (TPSA) is 34.6 Å². The second kappa shape index (κ2) is 7.87. The number of aromatic nitrogens is 1. The highest BCUT2D eigenvalue weighted by molar-refractivity contribution is 5.25. The molecule has 1 spiro atoms. The minimum atomic E-state index is 0.0296. The third-order valence-electron chi connectivity index (χ3n) is 5.81. The molecule has 0 aliphatic carbocycles. The molecule has 4 nitrogen and oxygen atoms in total. The van der Waals surface area contributed by atoms with Gasteiger partial charge >= 0.3 is 0 Å². The van der Waals surface area contributed by atoms with Gasteiger partial charge in [0.1, 0.15) is 0 Å². The van der Waals surface area contributed by atoms with E-state index >= 15 is 0 Å². The van der Waals surface area contributed by atoms with Crippen LogP contribution in [0.5, 0.6) is 0 Å². The van der Waals surface area contributed by atoms with E-state index in [-0.39, 0.29) is 11.7 Å². The second-order valence-corrected chi connectivity index (χ2v) is 7.70. The van der Waals surface area contributed by atoms with Crippen LogP contribution in [0.3, 0.4) is 0 Å². The molecule has 2 aromatic rings. The molecule has 2 fully saturated rings. The minimum Gasteiger partial charge on any atom is -0.372 e. The van der Waals surface area contributed by atoms with Crippen LogP contribution in [0, 0.1) is 6.92 Å². The first kappa shape index (κ1) is 17.7. The molecular formula is C22H28N2O2. The maximum Gasteiger partial charge on any atom is 0.0840 e. The Morgan fingerprint density at radius 3 is 2.81 bits per heavy atom. The van der Waals surface area contributed by atoms with Crippen LogP contribution in [-0.4, -0.2) is 41.3 Å². The van der Waals surface area contributed by atoms with Crippen molar-refractivity contribution in [1.82, 2.24) is 9.88 Å². The lowest BCUT2D eigenvalue weighted by Gasteiger charge is -2.38. The average molecular weight is 352 g/mol. The van der Waals surface area contributed by atoms with E-state index in [2.05, 4.69) is 47.1 Å². The lowest BCUT2D eigenvalue weighted by molar-refractivity contribution is -0.0468. The third-order valence-corrected chi connectivity index (χ3v) is 5.81. The molecule has 26 heavy (non-hydrogen) atoms. The first-order valence-electron chi connectivity index (χ1n) is 9.64. The van der Waals surface area contributed by atoms with Crippen LogP contribution >= 0.6 is 0 Å². The lowest BCUT2D eigenvalue weighted by atomic mass is 9.87. The quantitative estimate of drug-likeness (QED) is 0.821. The van der Waals surface area contributed by atoms with Gasteiger partial charge in [-0.3, -0.25) is 9.88 Å². The summed E-state index contributed by atoms with van der Waals surface area (Å²) < 4.78 is 12.3. The molecule has 138 valence electrons. The summed E-state index contributed by atoms with van der Waals surface area (Å²) >= 11 is 0. The predicted molar refractivity (Wildman–Crippen MR) is 102 cm³/mol. The van der Waals surface area contributed by atoms with E-state index in [9.17, 15) is 0 Å².